The molecule has 1 saturated carbocycles. The summed E-state index contributed by atoms with van der Waals surface area (Å²) in [6, 6.07) is 12.4. The number of amides is 1. The van der Waals surface area contributed by atoms with Crippen molar-refractivity contribution >= 4 is 5.91 Å². The molecule has 0 spiro atoms. The zero-order chi connectivity index (χ0) is 21.0. The van der Waals surface area contributed by atoms with Crippen molar-refractivity contribution < 1.29 is 18.7 Å². The van der Waals surface area contributed by atoms with Crippen LogP contribution in [-0.4, -0.2) is 32.3 Å². The minimum absolute atomic E-state index is 0.0737. The Morgan fingerprint density at radius 2 is 1.90 bits per heavy atom. The van der Waals surface area contributed by atoms with Crippen molar-refractivity contribution in [3.63, 3.8) is 0 Å². The Kier molecular flexibility index (Phi) is 6.47. The number of aryl methyl sites for hydroxylation is 1. The maximum Gasteiger partial charge on any atom is 0.220 e. The number of rotatable bonds is 9. The summed E-state index contributed by atoms with van der Waals surface area (Å²) in [5.74, 6) is 4.25. The third-order valence-corrected chi connectivity index (χ3v) is 6.61. The van der Waals surface area contributed by atoms with Crippen LogP contribution in [0.5, 0.6) is 5.75 Å². The molecule has 2 unspecified atom stereocenters. The number of carbonyl (C=O) groups excluding carboxylic acids is 1. The molecule has 30 heavy (non-hydrogen) atoms. The predicted octanol–water partition coefficient (Wildman–Crippen LogP) is 4.60. The van der Waals surface area contributed by atoms with Crippen LogP contribution in [0, 0.1) is 5.92 Å². The summed E-state index contributed by atoms with van der Waals surface area (Å²) in [5, 5.41) is 3.18. The van der Waals surface area contributed by atoms with Gasteiger partial charge in [-0.3, -0.25) is 4.79 Å². The quantitative estimate of drug-likeness (QED) is 0.655. The summed E-state index contributed by atoms with van der Waals surface area (Å²) < 4.78 is 17.1. The van der Waals surface area contributed by atoms with Crippen LogP contribution in [0.4, 0.5) is 0 Å². The Labute approximate surface area is 179 Å². The highest BCUT2D eigenvalue weighted by Crippen LogP contribution is 2.47. The van der Waals surface area contributed by atoms with Gasteiger partial charge in [-0.05, 0) is 61.9 Å². The van der Waals surface area contributed by atoms with Crippen LogP contribution in [0.25, 0.3) is 0 Å². The molecule has 0 radical (unpaired) electrons. The second kappa shape index (κ2) is 9.25. The van der Waals surface area contributed by atoms with E-state index in [0.29, 0.717) is 31.9 Å². The van der Waals surface area contributed by atoms with Gasteiger partial charge < -0.3 is 19.2 Å². The Morgan fingerprint density at radius 3 is 2.57 bits per heavy atom. The van der Waals surface area contributed by atoms with Crippen molar-refractivity contribution in [2.75, 3.05) is 26.4 Å². The van der Waals surface area contributed by atoms with Gasteiger partial charge in [-0.25, -0.2) is 0 Å². The fourth-order valence-electron chi connectivity index (χ4n) is 4.44. The Morgan fingerprint density at radius 1 is 1.17 bits per heavy atom. The fourth-order valence-corrected chi connectivity index (χ4v) is 4.44. The van der Waals surface area contributed by atoms with Gasteiger partial charge in [0.05, 0.1) is 6.61 Å². The zero-order valence-electron chi connectivity index (χ0n) is 18.1. The van der Waals surface area contributed by atoms with Gasteiger partial charge in [0.15, 0.2) is 0 Å². The van der Waals surface area contributed by atoms with Crippen LogP contribution in [0.3, 0.4) is 0 Å². The Balaban J connectivity index is 1.33. The number of nitrogens with one attached hydrogen (secondary N) is 1. The molecule has 2 aromatic rings. The van der Waals surface area contributed by atoms with Gasteiger partial charge in [-0.1, -0.05) is 19.1 Å². The topological polar surface area (TPSA) is 60.7 Å². The summed E-state index contributed by atoms with van der Waals surface area (Å²) in [4.78, 5) is 12.6. The van der Waals surface area contributed by atoms with E-state index in [0.717, 1.165) is 49.2 Å². The van der Waals surface area contributed by atoms with Gasteiger partial charge in [0, 0.05) is 43.9 Å². The van der Waals surface area contributed by atoms with E-state index < -0.39 is 0 Å². The lowest BCUT2D eigenvalue weighted by Gasteiger charge is -2.38. The van der Waals surface area contributed by atoms with Crippen LogP contribution in [0.15, 0.2) is 40.8 Å². The fraction of sp³-hybridized carbons (Fsp3) is 0.560. The number of hydrogen-bond donors (Lipinski definition) is 1. The Hall–Kier alpha value is -2.27. The van der Waals surface area contributed by atoms with Gasteiger partial charge >= 0.3 is 0 Å². The van der Waals surface area contributed by atoms with Crippen LogP contribution in [0.1, 0.15) is 62.5 Å². The SMILES string of the molecule is CCOc1ccc(C2(CNC(=O)CCc3ccc(C4CC4C)o3)CCOCC2)cc1. The molecule has 1 N–H and O–H groups in total. The number of benzene rings is 1. The van der Waals surface area contributed by atoms with E-state index in [1.54, 1.807) is 0 Å². The molecular weight excluding hydrogens is 378 g/mol. The molecule has 1 aromatic heterocycles. The summed E-state index contributed by atoms with van der Waals surface area (Å²) in [6.45, 7) is 6.96. The molecule has 5 nitrogen and oxygen atoms in total. The first kappa shape index (κ1) is 21.0. The average Bonchev–Trinajstić information content (AvgIpc) is 3.31. The van der Waals surface area contributed by atoms with Crippen molar-refractivity contribution in [1.29, 1.82) is 0 Å². The lowest BCUT2D eigenvalue weighted by molar-refractivity contribution is -0.121. The molecule has 2 heterocycles. The maximum absolute atomic E-state index is 12.6. The molecule has 2 aliphatic rings. The monoisotopic (exact) mass is 411 g/mol. The molecular formula is C25H33NO4. The second-order valence-corrected chi connectivity index (χ2v) is 8.75. The van der Waals surface area contributed by atoms with Crippen LogP contribution in [0.2, 0.25) is 0 Å². The van der Waals surface area contributed by atoms with E-state index in [4.69, 9.17) is 13.9 Å². The first-order valence-corrected chi connectivity index (χ1v) is 11.3. The highest BCUT2D eigenvalue weighted by atomic mass is 16.5. The molecule has 2 fully saturated rings. The minimum atomic E-state index is -0.0847. The van der Waals surface area contributed by atoms with Gasteiger partial charge in [0.2, 0.25) is 5.91 Å². The average molecular weight is 412 g/mol. The molecule has 1 amide bonds. The third-order valence-electron chi connectivity index (χ3n) is 6.61. The van der Waals surface area contributed by atoms with Crippen LogP contribution in [-0.2, 0) is 21.4 Å². The number of ether oxygens (including phenoxy) is 2. The number of carbonyl (C=O) groups is 1. The predicted molar refractivity (Wildman–Crippen MR) is 116 cm³/mol. The molecule has 5 heteroatoms. The van der Waals surface area contributed by atoms with E-state index in [-0.39, 0.29) is 11.3 Å². The van der Waals surface area contributed by atoms with Crippen molar-refractivity contribution in [3.8, 4) is 5.75 Å². The summed E-state index contributed by atoms with van der Waals surface area (Å²) >= 11 is 0. The maximum atomic E-state index is 12.6. The van der Waals surface area contributed by atoms with Gasteiger partial charge in [0.25, 0.3) is 0 Å². The highest BCUT2D eigenvalue weighted by Gasteiger charge is 2.37. The molecule has 4 rings (SSSR count). The molecule has 1 saturated heterocycles. The summed E-state index contributed by atoms with van der Waals surface area (Å²) in [6.07, 6.45) is 4.12. The summed E-state index contributed by atoms with van der Waals surface area (Å²) in [5.41, 5.74) is 1.15. The Bertz CT molecular complexity index is 835. The normalized spacial score (nSPS) is 22.5. The molecule has 1 aliphatic heterocycles. The molecule has 0 bridgehead atoms. The molecule has 1 aromatic carbocycles. The van der Waals surface area contributed by atoms with Crippen molar-refractivity contribution in [2.24, 2.45) is 5.92 Å². The van der Waals surface area contributed by atoms with E-state index >= 15 is 0 Å². The van der Waals surface area contributed by atoms with Gasteiger partial charge in [-0.15, -0.1) is 0 Å². The van der Waals surface area contributed by atoms with Gasteiger partial charge in [-0.2, -0.15) is 0 Å². The van der Waals surface area contributed by atoms with Crippen LogP contribution >= 0.6 is 0 Å². The highest BCUT2D eigenvalue weighted by molar-refractivity contribution is 5.76. The largest absolute Gasteiger partial charge is 0.494 e. The lowest BCUT2D eigenvalue weighted by atomic mass is 9.74. The van der Waals surface area contributed by atoms with E-state index in [1.807, 2.05) is 25.1 Å². The van der Waals surface area contributed by atoms with Crippen molar-refractivity contribution in [1.82, 2.24) is 5.32 Å². The zero-order valence-corrected chi connectivity index (χ0v) is 18.1. The molecule has 162 valence electrons. The van der Waals surface area contributed by atoms with Crippen molar-refractivity contribution in [2.45, 2.75) is 57.3 Å². The number of hydrogen-bond acceptors (Lipinski definition) is 4. The van der Waals surface area contributed by atoms with Crippen molar-refractivity contribution in [3.05, 3.63) is 53.5 Å². The minimum Gasteiger partial charge on any atom is -0.494 e. The first-order chi connectivity index (χ1) is 14.6. The van der Waals surface area contributed by atoms with E-state index in [9.17, 15) is 4.79 Å². The smallest absolute Gasteiger partial charge is 0.220 e. The van der Waals surface area contributed by atoms with Crippen LogP contribution < -0.4 is 10.1 Å². The summed E-state index contributed by atoms with van der Waals surface area (Å²) in [7, 11) is 0. The molecule has 2 atom stereocenters. The number of furan rings is 1. The lowest BCUT2D eigenvalue weighted by Crippen LogP contribution is -2.44. The van der Waals surface area contributed by atoms with E-state index in [2.05, 4.69) is 30.4 Å². The standard InChI is InChI=1S/C25H33NO4/c1-3-29-20-6-4-19(5-7-20)25(12-14-28-15-13-25)17-26-24(27)11-9-21-8-10-23(30-21)22-16-18(22)2/h4-8,10,18,22H,3,9,11-17H2,1-2H3,(H,26,27). The first-order valence-electron chi connectivity index (χ1n) is 11.3. The molecule has 1 aliphatic carbocycles. The van der Waals surface area contributed by atoms with Gasteiger partial charge in [0.1, 0.15) is 17.3 Å². The second-order valence-electron chi connectivity index (χ2n) is 8.75. The van der Waals surface area contributed by atoms with E-state index in [1.165, 1.54) is 12.0 Å². The third kappa shape index (κ3) is 4.89.